The number of carbonyl (C=O) groups excluding carboxylic acids is 1. The largest absolute Gasteiger partial charge is 0.497 e. The fourth-order valence-electron chi connectivity index (χ4n) is 4.16. The van der Waals surface area contributed by atoms with E-state index < -0.39 is 10.0 Å². The van der Waals surface area contributed by atoms with Gasteiger partial charge in [-0.2, -0.15) is 4.98 Å². The first kappa shape index (κ1) is 24.0. The Bertz CT molecular complexity index is 1370. The molecule has 11 nitrogen and oxygen atoms in total. The van der Waals surface area contributed by atoms with E-state index in [4.69, 9.17) is 19.6 Å². The maximum atomic E-state index is 13.4. The minimum atomic E-state index is -3.80. The van der Waals surface area contributed by atoms with Gasteiger partial charge in [0.1, 0.15) is 17.3 Å². The summed E-state index contributed by atoms with van der Waals surface area (Å²) in [5.41, 5.74) is 2.60. The summed E-state index contributed by atoms with van der Waals surface area (Å²) < 4.78 is 33.9. The van der Waals surface area contributed by atoms with Crippen LogP contribution in [-0.4, -0.2) is 62.6 Å². The molecular weight excluding hydrogens is 484 g/mol. The fraction of sp³-hybridized carbons (Fsp3) is 0.292. The van der Waals surface area contributed by atoms with Crippen molar-refractivity contribution in [2.24, 2.45) is 5.14 Å². The van der Waals surface area contributed by atoms with E-state index in [2.05, 4.69) is 10.3 Å². The summed E-state index contributed by atoms with van der Waals surface area (Å²) in [5.74, 6) is 1.51. The molecule has 1 aromatic heterocycles. The van der Waals surface area contributed by atoms with Gasteiger partial charge in [0.05, 0.1) is 31.8 Å². The number of nitrogens with two attached hydrogens (primary N) is 1. The number of sulfonamides is 1. The molecule has 0 spiro atoms. The number of amides is 1. The first-order valence-corrected chi connectivity index (χ1v) is 12.9. The number of fused-ring (bicyclic) bond motifs is 1. The smallest absolute Gasteiger partial charge is 0.273 e. The summed E-state index contributed by atoms with van der Waals surface area (Å²) in [5, 5.41) is 8.45. The molecule has 36 heavy (non-hydrogen) atoms. The number of hydrogen-bond donors (Lipinski definition) is 2. The van der Waals surface area contributed by atoms with Gasteiger partial charge in [0.2, 0.25) is 16.0 Å². The Morgan fingerprint density at radius 3 is 2.39 bits per heavy atom. The van der Waals surface area contributed by atoms with Crippen molar-refractivity contribution in [2.75, 3.05) is 43.6 Å². The summed E-state index contributed by atoms with van der Waals surface area (Å²) >= 11 is 0. The van der Waals surface area contributed by atoms with Gasteiger partial charge in [0.15, 0.2) is 0 Å². The number of hydrogen-bond acceptors (Lipinski definition) is 9. The second-order valence-electron chi connectivity index (χ2n) is 8.50. The third-order valence-corrected chi connectivity index (χ3v) is 7.04. The van der Waals surface area contributed by atoms with Crippen molar-refractivity contribution in [1.29, 1.82) is 0 Å². The Labute approximate surface area is 208 Å². The maximum absolute atomic E-state index is 13.4. The van der Waals surface area contributed by atoms with Crippen LogP contribution >= 0.6 is 0 Å². The third kappa shape index (κ3) is 4.96. The molecule has 0 atom stereocenters. The van der Waals surface area contributed by atoms with Gasteiger partial charge >= 0.3 is 0 Å². The Morgan fingerprint density at radius 1 is 1.06 bits per heavy atom. The number of ether oxygens (including phenoxy) is 2. The number of primary sulfonamides is 1. The molecule has 1 amide bonds. The average Bonchev–Trinajstić information content (AvgIpc) is 3.20. The zero-order valence-electron chi connectivity index (χ0n) is 19.7. The van der Waals surface area contributed by atoms with Crippen molar-refractivity contribution >= 4 is 33.4 Å². The molecule has 188 valence electrons. The Morgan fingerprint density at radius 2 is 1.75 bits per heavy atom. The lowest BCUT2D eigenvalue weighted by atomic mass is 10.2. The highest BCUT2D eigenvalue weighted by molar-refractivity contribution is 7.89. The van der Waals surface area contributed by atoms with Gasteiger partial charge in [0.25, 0.3) is 5.91 Å². The van der Waals surface area contributed by atoms with E-state index in [9.17, 15) is 13.2 Å². The molecule has 0 aliphatic carbocycles. The monoisotopic (exact) mass is 510 g/mol. The van der Waals surface area contributed by atoms with E-state index in [1.807, 2.05) is 29.2 Å². The van der Waals surface area contributed by atoms with Gasteiger partial charge in [-0.15, -0.1) is 0 Å². The number of methoxy groups -OCH3 is 1. The standard InChI is InChI=1S/C24H26N6O5S/c1-34-18-6-2-16(3-7-18)14-30-15-20-21(23(30)31)27-24(29-10-12-35-13-11-29)28-22(20)26-17-4-8-19(9-5-17)36(25,32)33/h2-9H,10-15H2,1H3,(H2,25,32,33)(H,26,27,28). The van der Waals surface area contributed by atoms with Gasteiger partial charge in [-0.05, 0) is 42.0 Å². The molecule has 2 aliphatic rings. The van der Waals surface area contributed by atoms with Gasteiger partial charge < -0.3 is 24.6 Å². The van der Waals surface area contributed by atoms with Gasteiger partial charge in [-0.3, -0.25) is 4.79 Å². The second kappa shape index (κ2) is 9.72. The van der Waals surface area contributed by atoms with Crippen LogP contribution in [0, 0.1) is 0 Å². The molecule has 1 saturated heterocycles. The van der Waals surface area contributed by atoms with Crippen LogP contribution in [0.1, 0.15) is 21.6 Å². The molecule has 0 saturated carbocycles. The molecule has 1 fully saturated rings. The minimum Gasteiger partial charge on any atom is -0.497 e. The van der Waals surface area contributed by atoms with Crippen molar-refractivity contribution in [3.8, 4) is 5.75 Å². The average molecular weight is 511 g/mol. The molecule has 3 aromatic rings. The summed E-state index contributed by atoms with van der Waals surface area (Å²) in [7, 11) is -2.19. The van der Waals surface area contributed by atoms with E-state index in [1.54, 1.807) is 24.1 Å². The molecule has 3 heterocycles. The highest BCUT2D eigenvalue weighted by atomic mass is 32.2. The quantitative estimate of drug-likeness (QED) is 0.487. The normalized spacial score (nSPS) is 15.7. The molecule has 0 unspecified atom stereocenters. The van der Waals surface area contributed by atoms with Crippen molar-refractivity contribution in [3.05, 3.63) is 65.4 Å². The number of anilines is 3. The molecule has 0 bridgehead atoms. The fourth-order valence-corrected chi connectivity index (χ4v) is 4.68. The number of morpholine rings is 1. The van der Waals surface area contributed by atoms with Crippen molar-refractivity contribution in [3.63, 3.8) is 0 Å². The van der Waals surface area contributed by atoms with Crippen molar-refractivity contribution in [2.45, 2.75) is 18.0 Å². The number of rotatable bonds is 7. The second-order valence-corrected chi connectivity index (χ2v) is 10.1. The molecule has 5 rings (SSSR count). The molecule has 2 aliphatic heterocycles. The Balaban J connectivity index is 1.46. The third-order valence-electron chi connectivity index (χ3n) is 6.11. The first-order chi connectivity index (χ1) is 17.3. The van der Waals surface area contributed by atoms with Crippen LogP contribution in [0.15, 0.2) is 53.4 Å². The lowest BCUT2D eigenvalue weighted by Gasteiger charge is -2.27. The van der Waals surface area contributed by atoms with Gasteiger partial charge in [0, 0.05) is 30.9 Å². The molecular formula is C24H26N6O5S. The van der Waals surface area contributed by atoms with Gasteiger partial charge in [-0.1, -0.05) is 12.1 Å². The van der Waals surface area contributed by atoms with Gasteiger partial charge in [-0.25, -0.2) is 18.5 Å². The van der Waals surface area contributed by atoms with Crippen LogP contribution in [0.25, 0.3) is 0 Å². The van der Waals surface area contributed by atoms with E-state index in [1.165, 1.54) is 12.1 Å². The van der Waals surface area contributed by atoms with Crippen molar-refractivity contribution < 1.29 is 22.7 Å². The number of aromatic nitrogens is 2. The van der Waals surface area contributed by atoms with E-state index >= 15 is 0 Å². The predicted molar refractivity (Wildman–Crippen MR) is 133 cm³/mol. The van der Waals surface area contributed by atoms with Crippen LogP contribution < -0.4 is 20.1 Å². The molecule has 3 N–H and O–H groups in total. The Kier molecular flexibility index (Phi) is 6.48. The minimum absolute atomic E-state index is 0.0100. The number of nitrogens with zero attached hydrogens (tertiary/aromatic N) is 4. The number of nitrogens with one attached hydrogen (secondary N) is 1. The summed E-state index contributed by atoms with van der Waals surface area (Å²) in [4.78, 5) is 26.5. The molecule has 2 aromatic carbocycles. The zero-order valence-corrected chi connectivity index (χ0v) is 20.5. The molecule has 0 radical (unpaired) electrons. The van der Waals surface area contributed by atoms with Crippen molar-refractivity contribution in [1.82, 2.24) is 14.9 Å². The van der Waals surface area contributed by atoms with Crippen LogP contribution in [0.4, 0.5) is 17.5 Å². The lowest BCUT2D eigenvalue weighted by Crippen LogP contribution is -2.37. The molecule has 12 heteroatoms. The van der Waals surface area contributed by atoms with Crippen LogP contribution in [0.2, 0.25) is 0 Å². The zero-order chi connectivity index (χ0) is 25.3. The summed E-state index contributed by atoms with van der Waals surface area (Å²) in [6.07, 6.45) is 0. The predicted octanol–water partition coefficient (Wildman–Crippen LogP) is 1.87. The summed E-state index contributed by atoms with van der Waals surface area (Å²) in [6, 6.07) is 13.6. The van der Waals surface area contributed by atoms with E-state index in [0.717, 1.165) is 11.3 Å². The highest BCUT2D eigenvalue weighted by Gasteiger charge is 2.34. The van der Waals surface area contributed by atoms with E-state index in [0.29, 0.717) is 68.1 Å². The van der Waals surface area contributed by atoms with E-state index in [-0.39, 0.29) is 10.8 Å². The summed E-state index contributed by atoms with van der Waals surface area (Å²) in [6.45, 7) is 3.08. The Hall–Kier alpha value is -3.74. The van der Waals surface area contributed by atoms with Crippen LogP contribution in [-0.2, 0) is 27.8 Å². The SMILES string of the molecule is COc1ccc(CN2Cc3c(Nc4ccc(S(N)(=O)=O)cc4)nc(N4CCOCC4)nc3C2=O)cc1. The lowest BCUT2D eigenvalue weighted by molar-refractivity contribution is 0.0762. The van der Waals surface area contributed by atoms with Crippen LogP contribution in [0.3, 0.4) is 0 Å². The topological polar surface area (TPSA) is 140 Å². The number of benzene rings is 2. The first-order valence-electron chi connectivity index (χ1n) is 11.4. The van der Waals surface area contributed by atoms with Crippen LogP contribution in [0.5, 0.6) is 5.75 Å². The highest BCUT2D eigenvalue weighted by Crippen LogP contribution is 2.32. The maximum Gasteiger partial charge on any atom is 0.273 e. The number of carbonyl (C=O) groups is 1.